The second-order valence-electron chi connectivity index (χ2n) is 7.44. The van der Waals surface area contributed by atoms with Crippen molar-refractivity contribution in [3.63, 3.8) is 0 Å². The molecule has 1 saturated heterocycles. The third-order valence-corrected chi connectivity index (χ3v) is 6.56. The van der Waals surface area contributed by atoms with Gasteiger partial charge in [-0.3, -0.25) is 4.79 Å². The first-order valence-electron chi connectivity index (χ1n) is 9.91. The summed E-state index contributed by atoms with van der Waals surface area (Å²) in [4.78, 5) is 13.3. The predicted octanol–water partition coefficient (Wildman–Crippen LogP) is 5.66. The molecule has 0 radical (unpaired) electrons. The highest BCUT2D eigenvalue weighted by Gasteiger charge is 2.28. The number of aromatic nitrogens is 1. The Bertz CT molecular complexity index is 1170. The number of amides is 1. The van der Waals surface area contributed by atoms with E-state index in [2.05, 4.69) is 35.1 Å². The second-order valence-corrected chi connectivity index (χ2v) is 9.03. The SMILES string of the molecule is COc1ccc(-n2c(C)cc(/C=C3\SC(Nc4ccc(Cl)cc4C)NC3=O)c2C)cc1. The Balaban J connectivity index is 1.56. The standard InChI is InChI=1S/C24H24ClN3O2S/c1-14-11-18(25)5-10-21(14)26-24-27-23(29)22(31-24)13-17-12-15(2)28(16(17)3)19-6-8-20(30-4)9-7-19/h5-13,24,26H,1-4H3,(H,27,29)/b22-13-. The van der Waals surface area contributed by atoms with Crippen LogP contribution >= 0.6 is 23.4 Å². The molecular weight excluding hydrogens is 430 g/mol. The molecule has 1 aliphatic heterocycles. The summed E-state index contributed by atoms with van der Waals surface area (Å²) in [5, 5.41) is 7.05. The maximum absolute atomic E-state index is 12.6. The Labute approximate surface area is 191 Å². The Morgan fingerprint density at radius 3 is 2.55 bits per heavy atom. The van der Waals surface area contributed by atoms with Crippen molar-refractivity contribution >= 4 is 41.0 Å². The summed E-state index contributed by atoms with van der Waals surface area (Å²) < 4.78 is 7.44. The molecule has 31 heavy (non-hydrogen) atoms. The number of anilines is 1. The van der Waals surface area contributed by atoms with Crippen LogP contribution in [0.2, 0.25) is 5.02 Å². The van der Waals surface area contributed by atoms with Gasteiger partial charge in [-0.2, -0.15) is 0 Å². The molecule has 2 heterocycles. The van der Waals surface area contributed by atoms with Crippen LogP contribution in [0.3, 0.4) is 0 Å². The molecule has 1 amide bonds. The van der Waals surface area contributed by atoms with Crippen molar-refractivity contribution in [3.05, 3.63) is 81.0 Å². The van der Waals surface area contributed by atoms with Crippen molar-refractivity contribution in [2.75, 3.05) is 12.4 Å². The lowest BCUT2D eigenvalue weighted by molar-refractivity contribution is -0.116. The number of carbonyl (C=O) groups is 1. The summed E-state index contributed by atoms with van der Waals surface area (Å²) in [7, 11) is 1.66. The van der Waals surface area contributed by atoms with E-state index < -0.39 is 0 Å². The minimum absolute atomic E-state index is 0.0802. The molecule has 2 N–H and O–H groups in total. The summed E-state index contributed by atoms with van der Waals surface area (Å²) >= 11 is 7.52. The molecule has 0 spiro atoms. The molecule has 1 fully saturated rings. The van der Waals surface area contributed by atoms with Gasteiger partial charge in [0, 0.05) is 27.8 Å². The topological polar surface area (TPSA) is 55.3 Å². The number of halogens is 1. The normalized spacial score (nSPS) is 17.1. The van der Waals surface area contributed by atoms with Crippen molar-refractivity contribution in [3.8, 4) is 11.4 Å². The van der Waals surface area contributed by atoms with E-state index in [1.165, 1.54) is 11.8 Å². The van der Waals surface area contributed by atoms with E-state index in [0.717, 1.165) is 39.6 Å². The number of benzene rings is 2. The lowest BCUT2D eigenvalue weighted by atomic mass is 10.2. The van der Waals surface area contributed by atoms with Crippen LogP contribution in [0.5, 0.6) is 5.75 Å². The monoisotopic (exact) mass is 453 g/mol. The number of rotatable bonds is 5. The van der Waals surface area contributed by atoms with Gasteiger partial charge in [-0.25, -0.2) is 0 Å². The molecule has 0 saturated carbocycles. The van der Waals surface area contributed by atoms with Crippen LogP contribution in [0, 0.1) is 20.8 Å². The highest BCUT2D eigenvalue weighted by molar-refractivity contribution is 8.05. The van der Waals surface area contributed by atoms with Gasteiger partial charge in [0.2, 0.25) is 0 Å². The molecule has 7 heteroatoms. The molecule has 1 unspecified atom stereocenters. The number of ether oxygens (including phenoxy) is 1. The summed E-state index contributed by atoms with van der Waals surface area (Å²) in [6.45, 7) is 6.11. The Kier molecular flexibility index (Phi) is 6.03. The van der Waals surface area contributed by atoms with Gasteiger partial charge < -0.3 is 19.9 Å². The Morgan fingerprint density at radius 2 is 1.87 bits per heavy atom. The summed E-state index contributed by atoms with van der Waals surface area (Å²) in [5.74, 6) is 0.741. The average molecular weight is 454 g/mol. The molecule has 2 aromatic carbocycles. The summed E-state index contributed by atoms with van der Waals surface area (Å²) in [5.41, 5.74) is 6.00. The molecule has 1 aliphatic rings. The number of thioether (sulfide) groups is 1. The van der Waals surface area contributed by atoms with Crippen molar-refractivity contribution < 1.29 is 9.53 Å². The highest BCUT2D eigenvalue weighted by Crippen LogP contribution is 2.33. The molecule has 160 valence electrons. The van der Waals surface area contributed by atoms with Crippen molar-refractivity contribution in [2.24, 2.45) is 0 Å². The quantitative estimate of drug-likeness (QED) is 0.489. The number of nitrogens with zero attached hydrogens (tertiary/aromatic N) is 1. The van der Waals surface area contributed by atoms with E-state index in [0.29, 0.717) is 9.93 Å². The molecule has 1 aromatic heterocycles. The Hall–Kier alpha value is -2.83. The van der Waals surface area contributed by atoms with E-state index in [-0.39, 0.29) is 11.4 Å². The van der Waals surface area contributed by atoms with Crippen molar-refractivity contribution in [1.82, 2.24) is 9.88 Å². The number of nitrogens with one attached hydrogen (secondary N) is 2. The number of aryl methyl sites for hydroxylation is 2. The molecule has 3 aromatic rings. The number of hydrogen-bond donors (Lipinski definition) is 2. The zero-order chi connectivity index (χ0) is 22.1. The predicted molar refractivity (Wildman–Crippen MR) is 129 cm³/mol. The van der Waals surface area contributed by atoms with Crippen molar-refractivity contribution in [1.29, 1.82) is 0 Å². The second kappa shape index (κ2) is 8.73. The minimum atomic E-state index is -0.233. The molecule has 0 bridgehead atoms. The van der Waals surface area contributed by atoms with Crippen molar-refractivity contribution in [2.45, 2.75) is 26.3 Å². The minimum Gasteiger partial charge on any atom is -0.497 e. The van der Waals surface area contributed by atoms with E-state index in [9.17, 15) is 4.79 Å². The van der Waals surface area contributed by atoms with Gasteiger partial charge in [0.25, 0.3) is 5.91 Å². The fraction of sp³-hybridized carbons (Fsp3) is 0.208. The third kappa shape index (κ3) is 4.45. The van der Waals surface area contributed by atoms with Crippen LogP contribution in [0.25, 0.3) is 11.8 Å². The fourth-order valence-electron chi connectivity index (χ4n) is 3.70. The Morgan fingerprint density at radius 1 is 1.13 bits per heavy atom. The van der Waals surface area contributed by atoms with Crippen LogP contribution in [-0.4, -0.2) is 23.1 Å². The van der Waals surface area contributed by atoms with Crippen LogP contribution < -0.4 is 15.4 Å². The average Bonchev–Trinajstić information content (AvgIpc) is 3.22. The zero-order valence-corrected chi connectivity index (χ0v) is 19.4. The molecular formula is C24H24ClN3O2S. The zero-order valence-electron chi connectivity index (χ0n) is 17.8. The maximum Gasteiger partial charge on any atom is 0.260 e. The van der Waals surface area contributed by atoms with Crippen LogP contribution in [0.4, 0.5) is 5.69 Å². The molecule has 5 nitrogen and oxygen atoms in total. The number of hydrogen-bond acceptors (Lipinski definition) is 4. The van der Waals surface area contributed by atoms with Crippen LogP contribution in [0.15, 0.2) is 53.4 Å². The lowest BCUT2D eigenvalue weighted by Crippen LogP contribution is -2.31. The van der Waals surface area contributed by atoms with Gasteiger partial charge in [0.15, 0.2) is 5.50 Å². The maximum atomic E-state index is 12.6. The van der Waals surface area contributed by atoms with E-state index >= 15 is 0 Å². The van der Waals surface area contributed by atoms with E-state index in [1.807, 2.05) is 55.5 Å². The number of carbonyl (C=O) groups excluding carboxylic acids is 1. The van der Waals surface area contributed by atoms with E-state index in [4.69, 9.17) is 16.3 Å². The molecule has 4 rings (SSSR count). The van der Waals surface area contributed by atoms with Crippen LogP contribution in [-0.2, 0) is 4.79 Å². The van der Waals surface area contributed by atoms with E-state index in [1.54, 1.807) is 7.11 Å². The first-order chi connectivity index (χ1) is 14.9. The van der Waals surface area contributed by atoms with Gasteiger partial charge in [-0.15, -0.1) is 0 Å². The van der Waals surface area contributed by atoms with Gasteiger partial charge in [0.1, 0.15) is 5.75 Å². The summed E-state index contributed by atoms with van der Waals surface area (Å²) in [6, 6.07) is 15.7. The van der Waals surface area contributed by atoms with Gasteiger partial charge in [-0.05, 0) is 86.5 Å². The molecule has 1 atom stereocenters. The van der Waals surface area contributed by atoms with Gasteiger partial charge >= 0.3 is 0 Å². The summed E-state index contributed by atoms with van der Waals surface area (Å²) in [6.07, 6.45) is 1.96. The first-order valence-corrected chi connectivity index (χ1v) is 11.2. The number of methoxy groups -OCH3 is 1. The smallest absolute Gasteiger partial charge is 0.260 e. The first kappa shape index (κ1) is 21.4. The third-order valence-electron chi connectivity index (χ3n) is 5.29. The lowest BCUT2D eigenvalue weighted by Gasteiger charge is -2.15. The molecule has 0 aliphatic carbocycles. The van der Waals surface area contributed by atoms with Gasteiger partial charge in [-0.1, -0.05) is 23.4 Å². The van der Waals surface area contributed by atoms with Crippen LogP contribution in [0.1, 0.15) is 22.5 Å². The fourth-order valence-corrected chi connectivity index (χ4v) is 4.89. The van der Waals surface area contributed by atoms with Gasteiger partial charge in [0.05, 0.1) is 12.0 Å². The largest absolute Gasteiger partial charge is 0.497 e. The highest BCUT2D eigenvalue weighted by atomic mass is 35.5.